The summed E-state index contributed by atoms with van der Waals surface area (Å²) in [7, 11) is 0. The molecular formula is C23H29NO. The highest BCUT2D eigenvalue weighted by atomic mass is 16.3. The van der Waals surface area contributed by atoms with E-state index in [9.17, 15) is 5.11 Å². The van der Waals surface area contributed by atoms with Gasteiger partial charge in [-0.1, -0.05) is 60.2 Å². The quantitative estimate of drug-likeness (QED) is 0.883. The molecule has 4 atom stereocenters. The van der Waals surface area contributed by atoms with Crippen LogP contribution in [0.2, 0.25) is 0 Å². The molecule has 4 unspecified atom stereocenters. The summed E-state index contributed by atoms with van der Waals surface area (Å²) in [5.41, 5.74) is 2.78. The van der Waals surface area contributed by atoms with Crippen molar-refractivity contribution in [1.29, 1.82) is 0 Å². The van der Waals surface area contributed by atoms with Crippen molar-refractivity contribution in [1.82, 2.24) is 5.32 Å². The van der Waals surface area contributed by atoms with Gasteiger partial charge in [-0.05, 0) is 68.2 Å². The van der Waals surface area contributed by atoms with E-state index < -0.39 is 5.60 Å². The standard InChI is InChI=1S/C23H29NO/c1-17-6-5-9-20(14-17)23(25,16-18-7-3-2-4-8-18)22-15-19-10-12-24-13-11-21(19)22/h2-9,14,19,21-22,24-25H,10-13,15-16H2,1H3. The first-order chi connectivity index (χ1) is 12.2. The van der Waals surface area contributed by atoms with E-state index in [1.54, 1.807) is 0 Å². The fraction of sp³-hybridized carbons (Fsp3) is 0.478. The van der Waals surface area contributed by atoms with Gasteiger partial charge in [-0.25, -0.2) is 0 Å². The van der Waals surface area contributed by atoms with Crippen LogP contribution in [0.15, 0.2) is 54.6 Å². The lowest BCUT2D eigenvalue weighted by Crippen LogP contribution is -2.51. The van der Waals surface area contributed by atoms with Crippen molar-refractivity contribution in [3.63, 3.8) is 0 Å². The van der Waals surface area contributed by atoms with Crippen LogP contribution in [0.4, 0.5) is 0 Å². The maximum atomic E-state index is 12.0. The fourth-order valence-electron chi connectivity index (χ4n) is 5.08. The molecule has 2 nitrogen and oxygen atoms in total. The van der Waals surface area contributed by atoms with E-state index >= 15 is 0 Å². The molecule has 2 aromatic rings. The predicted molar refractivity (Wildman–Crippen MR) is 102 cm³/mol. The molecule has 1 aliphatic heterocycles. The smallest absolute Gasteiger partial charge is 0.0967 e. The van der Waals surface area contributed by atoms with Crippen LogP contribution < -0.4 is 5.32 Å². The molecular weight excluding hydrogens is 306 g/mol. The molecule has 4 rings (SSSR count). The van der Waals surface area contributed by atoms with Crippen molar-refractivity contribution in [2.24, 2.45) is 17.8 Å². The summed E-state index contributed by atoms with van der Waals surface area (Å²) in [6.45, 7) is 4.34. The number of hydrogen-bond donors (Lipinski definition) is 2. The molecule has 2 fully saturated rings. The van der Waals surface area contributed by atoms with Gasteiger partial charge in [0, 0.05) is 6.42 Å². The molecule has 132 valence electrons. The predicted octanol–water partition coefficient (Wildman–Crippen LogP) is 4.06. The van der Waals surface area contributed by atoms with Crippen molar-refractivity contribution >= 4 is 0 Å². The maximum Gasteiger partial charge on any atom is 0.0967 e. The Morgan fingerprint density at radius 1 is 1.04 bits per heavy atom. The zero-order chi connectivity index (χ0) is 17.3. The third kappa shape index (κ3) is 3.26. The second kappa shape index (κ2) is 6.93. The summed E-state index contributed by atoms with van der Waals surface area (Å²) < 4.78 is 0. The maximum absolute atomic E-state index is 12.0. The van der Waals surface area contributed by atoms with E-state index in [0.717, 1.165) is 31.0 Å². The number of hydrogen-bond acceptors (Lipinski definition) is 2. The Bertz CT molecular complexity index is 713. The lowest BCUT2D eigenvalue weighted by molar-refractivity contribution is -0.119. The van der Waals surface area contributed by atoms with Crippen LogP contribution >= 0.6 is 0 Å². The summed E-state index contributed by atoms with van der Waals surface area (Å²) >= 11 is 0. The third-order valence-corrected chi connectivity index (χ3v) is 6.47. The van der Waals surface area contributed by atoms with E-state index in [1.807, 2.05) is 6.07 Å². The number of aryl methyl sites for hydroxylation is 1. The molecule has 2 heteroatoms. The monoisotopic (exact) mass is 335 g/mol. The van der Waals surface area contributed by atoms with Gasteiger partial charge in [0.15, 0.2) is 0 Å². The van der Waals surface area contributed by atoms with E-state index in [2.05, 4.69) is 60.8 Å². The second-order valence-corrected chi connectivity index (χ2v) is 8.05. The van der Waals surface area contributed by atoms with E-state index in [1.165, 1.54) is 24.0 Å². The minimum Gasteiger partial charge on any atom is -0.385 e. The molecule has 1 saturated carbocycles. The third-order valence-electron chi connectivity index (χ3n) is 6.47. The average molecular weight is 335 g/mol. The topological polar surface area (TPSA) is 32.3 Å². The van der Waals surface area contributed by atoms with Gasteiger partial charge >= 0.3 is 0 Å². The zero-order valence-corrected chi connectivity index (χ0v) is 15.1. The minimum absolute atomic E-state index is 0.361. The number of fused-ring (bicyclic) bond motifs is 1. The molecule has 0 bridgehead atoms. The van der Waals surface area contributed by atoms with Gasteiger partial charge in [0.1, 0.15) is 0 Å². The Morgan fingerprint density at radius 3 is 2.64 bits per heavy atom. The first kappa shape index (κ1) is 16.8. The van der Waals surface area contributed by atoms with Crippen LogP contribution in [0.5, 0.6) is 0 Å². The van der Waals surface area contributed by atoms with E-state index in [-0.39, 0.29) is 0 Å². The number of aliphatic hydroxyl groups is 1. The van der Waals surface area contributed by atoms with Gasteiger partial charge in [-0.2, -0.15) is 0 Å². The van der Waals surface area contributed by atoms with Gasteiger partial charge in [0.05, 0.1) is 5.60 Å². The van der Waals surface area contributed by atoms with Crippen LogP contribution in [0.1, 0.15) is 36.0 Å². The summed E-state index contributed by atoms with van der Waals surface area (Å²) in [6.07, 6.45) is 4.32. The Kier molecular flexibility index (Phi) is 4.66. The van der Waals surface area contributed by atoms with Gasteiger partial charge in [-0.15, -0.1) is 0 Å². The minimum atomic E-state index is -0.765. The zero-order valence-electron chi connectivity index (χ0n) is 15.1. The molecule has 0 radical (unpaired) electrons. The van der Waals surface area contributed by atoms with Crippen LogP contribution in [-0.2, 0) is 12.0 Å². The number of benzene rings is 2. The van der Waals surface area contributed by atoms with Crippen molar-refractivity contribution in [2.45, 2.75) is 38.2 Å². The lowest BCUT2D eigenvalue weighted by Gasteiger charge is -2.52. The highest BCUT2D eigenvalue weighted by Gasteiger charge is 2.52. The Balaban J connectivity index is 1.68. The summed E-state index contributed by atoms with van der Waals surface area (Å²) in [4.78, 5) is 0. The lowest BCUT2D eigenvalue weighted by atomic mass is 9.54. The first-order valence-electron chi connectivity index (χ1n) is 9.71. The SMILES string of the molecule is Cc1cccc(C(O)(Cc2ccccc2)C2CC3CCNCCC32)c1. The number of rotatable bonds is 4. The molecule has 1 heterocycles. The Labute approximate surface area is 151 Å². The molecule has 2 aromatic carbocycles. The molecule has 25 heavy (non-hydrogen) atoms. The van der Waals surface area contributed by atoms with Crippen LogP contribution in [-0.4, -0.2) is 18.2 Å². The van der Waals surface area contributed by atoms with Crippen molar-refractivity contribution < 1.29 is 5.11 Å². The van der Waals surface area contributed by atoms with Crippen molar-refractivity contribution in [3.8, 4) is 0 Å². The van der Waals surface area contributed by atoms with Gasteiger partial charge in [-0.3, -0.25) is 0 Å². The molecule has 0 amide bonds. The van der Waals surface area contributed by atoms with Gasteiger partial charge < -0.3 is 10.4 Å². The Morgan fingerprint density at radius 2 is 1.84 bits per heavy atom. The summed E-state index contributed by atoms with van der Waals surface area (Å²) in [6, 6.07) is 19.0. The van der Waals surface area contributed by atoms with Gasteiger partial charge in [0.25, 0.3) is 0 Å². The van der Waals surface area contributed by atoms with E-state index in [4.69, 9.17) is 0 Å². The molecule has 1 saturated heterocycles. The highest BCUT2D eigenvalue weighted by molar-refractivity contribution is 5.32. The largest absolute Gasteiger partial charge is 0.385 e. The second-order valence-electron chi connectivity index (χ2n) is 8.05. The van der Waals surface area contributed by atoms with Crippen LogP contribution in [0.3, 0.4) is 0 Å². The number of nitrogens with one attached hydrogen (secondary N) is 1. The summed E-state index contributed by atoms with van der Waals surface area (Å²) in [5, 5.41) is 15.5. The molecule has 2 aliphatic rings. The van der Waals surface area contributed by atoms with Crippen molar-refractivity contribution in [3.05, 3.63) is 71.3 Å². The summed E-state index contributed by atoms with van der Waals surface area (Å²) in [5.74, 6) is 1.79. The van der Waals surface area contributed by atoms with Crippen LogP contribution in [0, 0.1) is 24.7 Å². The molecule has 0 spiro atoms. The van der Waals surface area contributed by atoms with Crippen molar-refractivity contribution in [2.75, 3.05) is 13.1 Å². The van der Waals surface area contributed by atoms with Crippen LogP contribution in [0.25, 0.3) is 0 Å². The molecule has 1 aliphatic carbocycles. The average Bonchev–Trinajstić information content (AvgIpc) is 2.77. The first-order valence-corrected chi connectivity index (χ1v) is 9.71. The van der Waals surface area contributed by atoms with Gasteiger partial charge in [0.2, 0.25) is 0 Å². The van der Waals surface area contributed by atoms with E-state index in [0.29, 0.717) is 18.3 Å². The molecule has 0 aromatic heterocycles. The highest BCUT2D eigenvalue weighted by Crippen LogP contribution is 2.54. The Hall–Kier alpha value is -1.64. The normalized spacial score (nSPS) is 28.3. The fourth-order valence-corrected chi connectivity index (χ4v) is 5.08. The molecule has 2 N–H and O–H groups in total.